The third kappa shape index (κ3) is 2.72. The number of carbonyl (C=O) groups excluding carboxylic acids is 1. The highest BCUT2D eigenvalue weighted by molar-refractivity contribution is 9.10. The lowest BCUT2D eigenvalue weighted by Gasteiger charge is -2.19. The molecule has 0 atom stereocenters. The lowest BCUT2D eigenvalue weighted by molar-refractivity contribution is 0.100. The minimum Gasteiger partial charge on any atom is -0.496 e. The summed E-state index contributed by atoms with van der Waals surface area (Å²) in [4.78, 5) is 12.6. The molecule has 0 aliphatic carbocycles. The number of benzene rings is 2. The Hall–Kier alpha value is -2.07. The SMILES string of the molecule is COc1ccccc1/C=C1\COc2ccc(Br)cc2C1=O. The summed E-state index contributed by atoms with van der Waals surface area (Å²) in [6, 6.07) is 13.0. The van der Waals surface area contributed by atoms with Crippen molar-refractivity contribution in [2.75, 3.05) is 13.7 Å². The highest BCUT2D eigenvalue weighted by atomic mass is 79.9. The standard InChI is InChI=1S/C17H13BrO3/c1-20-15-5-3-2-4-11(15)8-12-10-21-16-7-6-13(18)9-14(16)17(12)19/h2-9H,10H2,1H3/b12-8+. The van der Waals surface area contributed by atoms with E-state index < -0.39 is 0 Å². The van der Waals surface area contributed by atoms with Crippen LogP contribution in [0, 0.1) is 0 Å². The average molecular weight is 345 g/mol. The van der Waals surface area contributed by atoms with E-state index in [-0.39, 0.29) is 12.4 Å². The van der Waals surface area contributed by atoms with Gasteiger partial charge in [0.2, 0.25) is 0 Å². The molecule has 0 amide bonds. The highest BCUT2D eigenvalue weighted by Crippen LogP contribution is 2.31. The summed E-state index contributed by atoms with van der Waals surface area (Å²) in [5, 5.41) is 0. The monoisotopic (exact) mass is 344 g/mol. The van der Waals surface area contributed by atoms with Crippen molar-refractivity contribution < 1.29 is 14.3 Å². The van der Waals surface area contributed by atoms with Crippen molar-refractivity contribution >= 4 is 27.8 Å². The maximum Gasteiger partial charge on any atom is 0.196 e. The van der Waals surface area contributed by atoms with Crippen LogP contribution in [0.15, 0.2) is 52.5 Å². The molecule has 0 spiro atoms. The van der Waals surface area contributed by atoms with Crippen LogP contribution >= 0.6 is 15.9 Å². The van der Waals surface area contributed by atoms with Crippen LogP contribution in [-0.4, -0.2) is 19.5 Å². The largest absolute Gasteiger partial charge is 0.496 e. The highest BCUT2D eigenvalue weighted by Gasteiger charge is 2.23. The van der Waals surface area contributed by atoms with Gasteiger partial charge in [-0.2, -0.15) is 0 Å². The number of fused-ring (bicyclic) bond motifs is 1. The number of methoxy groups -OCH3 is 1. The number of hydrogen-bond acceptors (Lipinski definition) is 3. The van der Waals surface area contributed by atoms with Crippen LogP contribution in [-0.2, 0) is 0 Å². The zero-order chi connectivity index (χ0) is 14.8. The van der Waals surface area contributed by atoms with Gasteiger partial charge in [-0.05, 0) is 30.3 Å². The van der Waals surface area contributed by atoms with E-state index in [2.05, 4.69) is 15.9 Å². The predicted molar refractivity (Wildman–Crippen MR) is 84.9 cm³/mol. The van der Waals surface area contributed by atoms with Gasteiger partial charge in [0.1, 0.15) is 18.1 Å². The van der Waals surface area contributed by atoms with Gasteiger partial charge >= 0.3 is 0 Å². The fourth-order valence-corrected chi connectivity index (χ4v) is 2.64. The summed E-state index contributed by atoms with van der Waals surface area (Å²) in [5.41, 5.74) is 2.06. The van der Waals surface area contributed by atoms with Gasteiger partial charge in [0, 0.05) is 15.6 Å². The van der Waals surface area contributed by atoms with Crippen LogP contribution in [0.3, 0.4) is 0 Å². The second-order valence-electron chi connectivity index (χ2n) is 4.67. The Morgan fingerprint density at radius 3 is 2.86 bits per heavy atom. The topological polar surface area (TPSA) is 35.5 Å². The smallest absolute Gasteiger partial charge is 0.196 e. The van der Waals surface area contributed by atoms with E-state index in [1.54, 1.807) is 19.2 Å². The van der Waals surface area contributed by atoms with Gasteiger partial charge in [0.25, 0.3) is 0 Å². The van der Waals surface area contributed by atoms with Gasteiger partial charge in [0.15, 0.2) is 5.78 Å². The normalized spacial score (nSPS) is 15.5. The molecule has 106 valence electrons. The molecule has 0 bridgehead atoms. The number of ether oxygens (including phenoxy) is 2. The molecule has 0 saturated heterocycles. The van der Waals surface area contributed by atoms with E-state index in [1.807, 2.05) is 36.4 Å². The molecule has 0 N–H and O–H groups in total. The number of hydrogen-bond donors (Lipinski definition) is 0. The van der Waals surface area contributed by atoms with E-state index in [1.165, 1.54) is 0 Å². The number of Topliss-reactive ketones (excluding diaryl/α,β-unsaturated/α-hetero) is 1. The Bertz CT molecular complexity index is 735. The third-order valence-corrected chi connectivity index (χ3v) is 3.82. The molecule has 21 heavy (non-hydrogen) atoms. The molecule has 0 aromatic heterocycles. The number of para-hydroxylation sites is 1. The van der Waals surface area contributed by atoms with Crippen LogP contribution in [0.1, 0.15) is 15.9 Å². The molecule has 1 heterocycles. The van der Waals surface area contributed by atoms with Gasteiger partial charge in [-0.3, -0.25) is 4.79 Å². The van der Waals surface area contributed by atoms with Crippen molar-refractivity contribution in [1.29, 1.82) is 0 Å². The Balaban J connectivity index is 2.01. The van der Waals surface area contributed by atoms with Gasteiger partial charge in [-0.1, -0.05) is 34.1 Å². The summed E-state index contributed by atoms with van der Waals surface area (Å²) < 4.78 is 11.8. The number of rotatable bonds is 2. The number of ketones is 1. The van der Waals surface area contributed by atoms with E-state index in [4.69, 9.17) is 9.47 Å². The maximum absolute atomic E-state index is 12.6. The summed E-state index contributed by atoms with van der Waals surface area (Å²) in [7, 11) is 1.61. The molecule has 0 fully saturated rings. The maximum atomic E-state index is 12.6. The van der Waals surface area contributed by atoms with Crippen molar-refractivity contribution in [2.45, 2.75) is 0 Å². The first kappa shape index (κ1) is 13.9. The van der Waals surface area contributed by atoms with Gasteiger partial charge in [0.05, 0.1) is 12.7 Å². The lowest BCUT2D eigenvalue weighted by Crippen LogP contribution is -2.19. The Morgan fingerprint density at radius 1 is 1.24 bits per heavy atom. The van der Waals surface area contributed by atoms with E-state index in [9.17, 15) is 4.79 Å². The van der Waals surface area contributed by atoms with Crippen LogP contribution in [0.4, 0.5) is 0 Å². The van der Waals surface area contributed by atoms with Gasteiger partial charge in [-0.15, -0.1) is 0 Å². The number of halogens is 1. The second-order valence-corrected chi connectivity index (χ2v) is 5.59. The van der Waals surface area contributed by atoms with Crippen molar-refractivity contribution in [2.24, 2.45) is 0 Å². The molecule has 1 aliphatic heterocycles. The molecule has 2 aromatic rings. The predicted octanol–water partition coefficient (Wildman–Crippen LogP) is 4.12. The third-order valence-electron chi connectivity index (χ3n) is 3.33. The average Bonchev–Trinajstić information content (AvgIpc) is 2.51. The molecule has 3 nitrogen and oxygen atoms in total. The quantitative estimate of drug-likeness (QED) is 0.769. The van der Waals surface area contributed by atoms with Crippen LogP contribution in [0.5, 0.6) is 11.5 Å². The molecular weight excluding hydrogens is 332 g/mol. The van der Waals surface area contributed by atoms with Crippen LogP contribution in [0.25, 0.3) is 6.08 Å². The van der Waals surface area contributed by atoms with E-state index in [0.717, 1.165) is 15.8 Å². The molecule has 4 heteroatoms. The first-order valence-corrected chi connectivity index (χ1v) is 7.29. The van der Waals surface area contributed by atoms with Crippen molar-refractivity contribution in [3.8, 4) is 11.5 Å². The van der Waals surface area contributed by atoms with Gasteiger partial charge in [-0.25, -0.2) is 0 Å². The Kier molecular flexibility index (Phi) is 3.80. The molecule has 1 aliphatic rings. The van der Waals surface area contributed by atoms with Crippen LogP contribution < -0.4 is 9.47 Å². The van der Waals surface area contributed by atoms with E-state index >= 15 is 0 Å². The minimum atomic E-state index is -0.0107. The first-order chi connectivity index (χ1) is 10.2. The second kappa shape index (κ2) is 5.74. The Morgan fingerprint density at radius 2 is 2.05 bits per heavy atom. The molecule has 0 radical (unpaired) electrons. The number of carbonyl (C=O) groups is 1. The fraction of sp³-hybridized carbons (Fsp3) is 0.118. The summed E-state index contributed by atoms with van der Waals surface area (Å²) in [6.45, 7) is 0.269. The first-order valence-electron chi connectivity index (χ1n) is 6.49. The lowest BCUT2D eigenvalue weighted by atomic mass is 9.98. The van der Waals surface area contributed by atoms with Crippen molar-refractivity contribution in [3.05, 3.63) is 63.6 Å². The van der Waals surface area contributed by atoms with Crippen LogP contribution in [0.2, 0.25) is 0 Å². The fourth-order valence-electron chi connectivity index (χ4n) is 2.28. The summed E-state index contributed by atoms with van der Waals surface area (Å²) >= 11 is 3.38. The molecule has 2 aromatic carbocycles. The Labute approximate surface area is 131 Å². The summed E-state index contributed by atoms with van der Waals surface area (Å²) in [5.74, 6) is 1.35. The molecular formula is C17H13BrO3. The van der Waals surface area contributed by atoms with E-state index in [0.29, 0.717) is 16.9 Å². The molecule has 0 unspecified atom stereocenters. The van der Waals surface area contributed by atoms with Crippen molar-refractivity contribution in [1.82, 2.24) is 0 Å². The molecule has 0 saturated carbocycles. The van der Waals surface area contributed by atoms with Crippen molar-refractivity contribution in [3.63, 3.8) is 0 Å². The zero-order valence-electron chi connectivity index (χ0n) is 11.4. The minimum absolute atomic E-state index is 0.0107. The zero-order valence-corrected chi connectivity index (χ0v) is 13.0. The van der Waals surface area contributed by atoms with Gasteiger partial charge < -0.3 is 9.47 Å². The molecule has 3 rings (SSSR count). The summed E-state index contributed by atoms with van der Waals surface area (Å²) in [6.07, 6.45) is 1.82.